The highest BCUT2D eigenvalue weighted by molar-refractivity contribution is 7.92. The summed E-state index contributed by atoms with van der Waals surface area (Å²) in [6, 6.07) is 3.46. The highest BCUT2D eigenvalue weighted by Crippen LogP contribution is 2.26. The molecular formula is C15H24N2O3S. The highest BCUT2D eigenvalue weighted by atomic mass is 32.2. The lowest BCUT2D eigenvalue weighted by Gasteiger charge is -2.32. The molecule has 21 heavy (non-hydrogen) atoms. The van der Waals surface area contributed by atoms with Crippen molar-refractivity contribution in [3.05, 3.63) is 18.3 Å². The van der Waals surface area contributed by atoms with Crippen LogP contribution in [0.3, 0.4) is 0 Å². The van der Waals surface area contributed by atoms with E-state index in [0.717, 1.165) is 31.6 Å². The summed E-state index contributed by atoms with van der Waals surface area (Å²) in [4.78, 5) is 6.39. The Morgan fingerprint density at radius 3 is 2.29 bits per heavy atom. The molecule has 0 aromatic carbocycles. The Balaban J connectivity index is 2.14. The van der Waals surface area contributed by atoms with Gasteiger partial charge in [-0.3, -0.25) is 0 Å². The van der Waals surface area contributed by atoms with Crippen molar-refractivity contribution in [2.45, 2.75) is 49.5 Å². The van der Waals surface area contributed by atoms with Crippen molar-refractivity contribution in [2.75, 3.05) is 25.1 Å². The minimum atomic E-state index is -3.39. The lowest BCUT2D eigenvalue weighted by molar-refractivity contribution is 0.0819. The van der Waals surface area contributed by atoms with Gasteiger partial charge in [-0.2, -0.15) is 0 Å². The summed E-state index contributed by atoms with van der Waals surface area (Å²) in [7, 11) is -1.64. The van der Waals surface area contributed by atoms with Crippen LogP contribution in [0.25, 0.3) is 0 Å². The zero-order chi connectivity index (χ0) is 15.7. The summed E-state index contributed by atoms with van der Waals surface area (Å²) >= 11 is 0. The molecule has 118 valence electrons. The van der Waals surface area contributed by atoms with Crippen LogP contribution in [0.5, 0.6) is 0 Å². The van der Waals surface area contributed by atoms with Crippen LogP contribution in [0.15, 0.2) is 23.4 Å². The Labute approximate surface area is 127 Å². The summed E-state index contributed by atoms with van der Waals surface area (Å²) in [5.74, 6) is 0. The van der Waals surface area contributed by atoms with Crippen LogP contribution in [0, 0.1) is 0 Å². The average molecular weight is 312 g/mol. The van der Waals surface area contributed by atoms with E-state index in [1.165, 1.54) is 0 Å². The summed E-state index contributed by atoms with van der Waals surface area (Å²) in [5.41, 5.74) is 0.970. The van der Waals surface area contributed by atoms with Crippen molar-refractivity contribution in [1.29, 1.82) is 0 Å². The van der Waals surface area contributed by atoms with Gasteiger partial charge in [0.05, 0.1) is 22.7 Å². The Hall–Kier alpha value is -1.14. The van der Waals surface area contributed by atoms with Crippen LogP contribution in [0.4, 0.5) is 5.69 Å². The maximum absolute atomic E-state index is 12.3. The Kier molecular flexibility index (Phi) is 4.58. The van der Waals surface area contributed by atoms with Gasteiger partial charge in [-0.15, -0.1) is 0 Å². The maximum atomic E-state index is 12.3. The first-order chi connectivity index (χ1) is 9.75. The van der Waals surface area contributed by atoms with Crippen molar-refractivity contribution >= 4 is 15.5 Å². The highest BCUT2D eigenvalue weighted by Gasteiger charge is 2.32. The third kappa shape index (κ3) is 3.37. The first kappa shape index (κ1) is 16.2. The normalized spacial score (nSPS) is 18.0. The van der Waals surface area contributed by atoms with Gasteiger partial charge < -0.3 is 9.64 Å². The number of rotatable bonds is 3. The second kappa shape index (κ2) is 5.93. The molecule has 0 unspecified atom stereocenters. The van der Waals surface area contributed by atoms with Gasteiger partial charge in [-0.05, 0) is 45.7 Å². The van der Waals surface area contributed by atoms with E-state index >= 15 is 0 Å². The fraction of sp³-hybridized carbons (Fsp3) is 0.667. The fourth-order valence-corrected chi connectivity index (χ4v) is 3.45. The van der Waals surface area contributed by atoms with Crippen LogP contribution in [0.2, 0.25) is 0 Å². The molecule has 1 saturated heterocycles. The SMILES string of the molecule is COC1CCN(c2ccc(S(=O)(=O)C(C)(C)C)nc2)CC1. The van der Waals surface area contributed by atoms with Crippen molar-refractivity contribution < 1.29 is 13.2 Å². The number of hydrogen-bond donors (Lipinski definition) is 0. The minimum absolute atomic E-state index is 0.144. The topological polar surface area (TPSA) is 59.5 Å². The number of methoxy groups -OCH3 is 1. The molecular weight excluding hydrogens is 288 g/mol. The molecule has 2 heterocycles. The van der Waals surface area contributed by atoms with Crippen LogP contribution < -0.4 is 4.90 Å². The predicted molar refractivity (Wildman–Crippen MR) is 83.4 cm³/mol. The second-order valence-electron chi connectivity index (χ2n) is 6.39. The van der Waals surface area contributed by atoms with Gasteiger partial charge >= 0.3 is 0 Å². The smallest absolute Gasteiger partial charge is 0.200 e. The molecule has 1 aromatic heterocycles. The molecule has 2 rings (SSSR count). The average Bonchev–Trinajstić information content (AvgIpc) is 2.46. The molecule has 0 atom stereocenters. The van der Waals surface area contributed by atoms with E-state index in [1.54, 1.807) is 40.1 Å². The molecule has 5 nitrogen and oxygen atoms in total. The van der Waals surface area contributed by atoms with Crippen molar-refractivity contribution in [3.63, 3.8) is 0 Å². The molecule has 0 aliphatic carbocycles. The summed E-state index contributed by atoms with van der Waals surface area (Å²) < 4.78 is 29.2. The summed E-state index contributed by atoms with van der Waals surface area (Å²) in [5, 5.41) is 0.144. The van der Waals surface area contributed by atoms with E-state index in [1.807, 2.05) is 6.07 Å². The number of pyridine rings is 1. The lowest BCUT2D eigenvalue weighted by Crippen LogP contribution is -2.36. The molecule has 1 aliphatic rings. The first-order valence-corrected chi connectivity index (χ1v) is 8.72. The summed E-state index contributed by atoms with van der Waals surface area (Å²) in [6.07, 6.45) is 3.96. The van der Waals surface area contributed by atoms with E-state index in [-0.39, 0.29) is 5.03 Å². The van der Waals surface area contributed by atoms with E-state index in [4.69, 9.17) is 4.74 Å². The first-order valence-electron chi connectivity index (χ1n) is 7.24. The molecule has 1 fully saturated rings. The van der Waals surface area contributed by atoms with E-state index in [2.05, 4.69) is 9.88 Å². The quantitative estimate of drug-likeness (QED) is 0.857. The number of anilines is 1. The number of nitrogens with zero attached hydrogens (tertiary/aromatic N) is 2. The Bertz CT molecular complexity index is 568. The zero-order valence-electron chi connectivity index (χ0n) is 13.2. The molecule has 1 aliphatic heterocycles. The van der Waals surface area contributed by atoms with Gasteiger partial charge in [0.1, 0.15) is 0 Å². The van der Waals surface area contributed by atoms with E-state index in [9.17, 15) is 8.42 Å². The molecule has 0 saturated carbocycles. The van der Waals surface area contributed by atoms with Gasteiger partial charge in [0.25, 0.3) is 0 Å². The third-order valence-corrected chi connectivity index (χ3v) is 6.35. The molecule has 6 heteroatoms. The molecule has 0 spiro atoms. The maximum Gasteiger partial charge on any atom is 0.200 e. The monoisotopic (exact) mass is 312 g/mol. The number of sulfone groups is 1. The van der Waals surface area contributed by atoms with Crippen LogP contribution in [-0.2, 0) is 14.6 Å². The molecule has 0 radical (unpaired) electrons. The summed E-state index contributed by atoms with van der Waals surface area (Å²) in [6.45, 7) is 6.88. The number of aromatic nitrogens is 1. The Morgan fingerprint density at radius 1 is 1.24 bits per heavy atom. The van der Waals surface area contributed by atoms with Crippen LogP contribution >= 0.6 is 0 Å². The van der Waals surface area contributed by atoms with Crippen molar-refractivity contribution in [2.24, 2.45) is 0 Å². The van der Waals surface area contributed by atoms with Crippen LogP contribution in [0.1, 0.15) is 33.6 Å². The van der Waals surface area contributed by atoms with Gasteiger partial charge in [-0.25, -0.2) is 13.4 Å². The van der Waals surface area contributed by atoms with Crippen molar-refractivity contribution in [3.8, 4) is 0 Å². The molecule has 0 N–H and O–H groups in total. The molecule has 0 amide bonds. The standard InChI is InChI=1S/C15H24N2O3S/c1-15(2,3)21(18,19)14-6-5-12(11-16-14)17-9-7-13(20-4)8-10-17/h5-6,11,13H,7-10H2,1-4H3. The third-order valence-electron chi connectivity index (χ3n) is 3.94. The molecule has 1 aromatic rings. The second-order valence-corrected chi connectivity index (χ2v) is 9.04. The largest absolute Gasteiger partial charge is 0.381 e. The van der Waals surface area contributed by atoms with Gasteiger partial charge in [0.2, 0.25) is 0 Å². The van der Waals surface area contributed by atoms with Gasteiger partial charge in [-0.1, -0.05) is 0 Å². The van der Waals surface area contributed by atoms with Crippen molar-refractivity contribution in [1.82, 2.24) is 4.98 Å². The zero-order valence-corrected chi connectivity index (χ0v) is 14.0. The molecule has 0 bridgehead atoms. The van der Waals surface area contributed by atoms with E-state index < -0.39 is 14.6 Å². The fourth-order valence-electron chi connectivity index (χ4n) is 2.38. The number of hydrogen-bond acceptors (Lipinski definition) is 5. The minimum Gasteiger partial charge on any atom is -0.381 e. The van der Waals surface area contributed by atoms with Gasteiger partial charge in [0, 0.05) is 20.2 Å². The van der Waals surface area contributed by atoms with Gasteiger partial charge in [0.15, 0.2) is 14.9 Å². The predicted octanol–water partition coefficient (Wildman–Crippen LogP) is 2.27. The van der Waals surface area contributed by atoms with Crippen LogP contribution in [-0.4, -0.2) is 44.5 Å². The number of piperidine rings is 1. The van der Waals surface area contributed by atoms with E-state index in [0.29, 0.717) is 6.10 Å². The lowest BCUT2D eigenvalue weighted by atomic mass is 10.1. The number of ether oxygens (including phenoxy) is 1. The Morgan fingerprint density at radius 2 is 1.86 bits per heavy atom.